The van der Waals surface area contributed by atoms with Gasteiger partial charge in [0, 0.05) is 13.1 Å². The SMILES string of the molecule is C=CCN(CC)CCC(C)O. The maximum absolute atomic E-state index is 9.01. The van der Waals surface area contributed by atoms with E-state index in [0.717, 1.165) is 26.1 Å². The monoisotopic (exact) mass is 157 g/mol. The summed E-state index contributed by atoms with van der Waals surface area (Å²) in [4.78, 5) is 2.25. The second-order valence-corrected chi connectivity index (χ2v) is 2.82. The maximum Gasteiger partial charge on any atom is 0.0524 e. The molecule has 66 valence electrons. The first-order valence-corrected chi connectivity index (χ1v) is 4.22. The van der Waals surface area contributed by atoms with Gasteiger partial charge in [0.25, 0.3) is 0 Å². The summed E-state index contributed by atoms with van der Waals surface area (Å²) in [7, 11) is 0. The molecule has 2 heteroatoms. The lowest BCUT2D eigenvalue weighted by atomic mass is 10.2. The Balaban J connectivity index is 3.43. The van der Waals surface area contributed by atoms with E-state index in [2.05, 4.69) is 18.4 Å². The zero-order chi connectivity index (χ0) is 8.69. The number of nitrogens with zero attached hydrogens (tertiary/aromatic N) is 1. The summed E-state index contributed by atoms with van der Waals surface area (Å²) in [6.45, 7) is 10.5. The molecule has 0 amide bonds. The van der Waals surface area contributed by atoms with E-state index in [-0.39, 0.29) is 6.10 Å². The third kappa shape index (κ3) is 6.07. The first-order valence-electron chi connectivity index (χ1n) is 4.22. The summed E-state index contributed by atoms with van der Waals surface area (Å²) in [5.41, 5.74) is 0. The molecule has 0 aromatic heterocycles. The van der Waals surface area contributed by atoms with Gasteiger partial charge in [-0.25, -0.2) is 0 Å². The molecule has 0 radical (unpaired) electrons. The molecular weight excluding hydrogens is 138 g/mol. The van der Waals surface area contributed by atoms with Crippen LogP contribution in [0.1, 0.15) is 20.3 Å². The van der Waals surface area contributed by atoms with Crippen LogP contribution in [0.5, 0.6) is 0 Å². The molecule has 11 heavy (non-hydrogen) atoms. The second kappa shape index (κ2) is 6.38. The Morgan fingerprint density at radius 2 is 2.27 bits per heavy atom. The van der Waals surface area contributed by atoms with E-state index in [1.165, 1.54) is 0 Å². The van der Waals surface area contributed by atoms with E-state index in [4.69, 9.17) is 5.11 Å². The molecule has 2 nitrogen and oxygen atoms in total. The summed E-state index contributed by atoms with van der Waals surface area (Å²) in [5.74, 6) is 0. The quantitative estimate of drug-likeness (QED) is 0.587. The fourth-order valence-corrected chi connectivity index (χ4v) is 0.930. The van der Waals surface area contributed by atoms with Crippen molar-refractivity contribution in [2.24, 2.45) is 0 Å². The van der Waals surface area contributed by atoms with Crippen LogP contribution < -0.4 is 0 Å². The highest BCUT2D eigenvalue weighted by atomic mass is 16.3. The topological polar surface area (TPSA) is 23.5 Å². The summed E-state index contributed by atoms with van der Waals surface area (Å²) < 4.78 is 0. The Bertz CT molecular complexity index is 102. The molecule has 0 saturated carbocycles. The zero-order valence-electron chi connectivity index (χ0n) is 7.58. The summed E-state index contributed by atoms with van der Waals surface area (Å²) in [6, 6.07) is 0. The minimum atomic E-state index is -0.186. The van der Waals surface area contributed by atoms with Crippen LogP contribution in [0, 0.1) is 0 Å². The van der Waals surface area contributed by atoms with Crippen molar-refractivity contribution in [3.05, 3.63) is 12.7 Å². The van der Waals surface area contributed by atoms with E-state index >= 15 is 0 Å². The van der Waals surface area contributed by atoms with Crippen LogP contribution >= 0.6 is 0 Å². The van der Waals surface area contributed by atoms with E-state index < -0.39 is 0 Å². The first-order chi connectivity index (χ1) is 5.20. The van der Waals surface area contributed by atoms with Crippen molar-refractivity contribution in [1.29, 1.82) is 0 Å². The van der Waals surface area contributed by atoms with Crippen molar-refractivity contribution < 1.29 is 5.11 Å². The largest absolute Gasteiger partial charge is 0.393 e. The molecule has 0 aromatic carbocycles. The molecule has 0 fully saturated rings. The number of likely N-dealkylation sites (N-methyl/N-ethyl adjacent to an activating group) is 1. The molecule has 0 saturated heterocycles. The Labute approximate surface area is 69.5 Å². The van der Waals surface area contributed by atoms with Crippen LogP contribution in [0.3, 0.4) is 0 Å². The van der Waals surface area contributed by atoms with E-state index in [0.29, 0.717) is 0 Å². The molecule has 1 N–H and O–H groups in total. The number of aliphatic hydroxyl groups excluding tert-OH is 1. The van der Waals surface area contributed by atoms with Gasteiger partial charge in [-0.2, -0.15) is 0 Å². The highest BCUT2D eigenvalue weighted by Gasteiger charge is 2.01. The van der Waals surface area contributed by atoms with Crippen LogP contribution in [0.25, 0.3) is 0 Å². The molecule has 0 heterocycles. The van der Waals surface area contributed by atoms with Crippen LogP contribution in [0.2, 0.25) is 0 Å². The van der Waals surface area contributed by atoms with Gasteiger partial charge >= 0.3 is 0 Å². The molecule has 0 aromatic rings. The maximum atomic E-state index is 9.01. The zero-order valence-corrected chi connectivity index (χ0v) is 7.58. The Kier molecular flexibility index (Phi) is 6.18. The fraction of sp³-hybridized carbons (Fsp3) is 0.778. The predicted molar refractivity (Wildman–Crippen MR) is 48.6 cm³/mol. The van der Waals surface area contributed by atoms with E-state index in [9.17, 15) is 0 Å². The molecule has 0 aliphatic rings. The lowest BCUT2D eigenvalue weighted by Gasteiger charge is -2.18. The predicted octanol–water partition coefficient (Wildman–Crippen LogP) is 1.27. The van der Waals surface area contributed by atoms with Crippen molar-refractivity contribution in [3.8, 4) is 0 Å². The third-order valence-corrected chi connectivity index (χ3v) is 1.70. The number of aliphatic hydroxyl groups is 1. The minimum Gasteiger partial charge on any atom is -0.393 e. The standard InChI is InChI=1S/C9H19NO/c1-4-7-10(5-2)8-6-9(3)11/h4,9,11H,1,5-8H2,2-3H3. The second-order valence-electron chi connectivity index (χ2n) is 2.82. The Hall–Kier alpha value is -0.340. The molecular formula is C9H19NO. The van der Waals surface area contributed by atoms with Crippen molar-refractivity contribution in [1.82, 2.24) is 4.90 Å². The van der Waals surface area contributed by atoms with Crippen molar-refractivity contribution in [2.45, 2.75) is 26.4 Å². The lowest BCUT2D eigenvalue weighted by molar-refractivity contribution is 0.162. The third-order valence-electron chi connectivity index (χ3n) is 1.70. The molecule has 0 rings (SSSR count). The van der Waals surface area contributed by atoms with Crippen molar-refractivity contribution in [2.75, 3.05) is 19.6 Å². The van der Waals surface area contributed by atoms with Gasteiger partial charge in [0.1, 0.15) is 0 Å². The highest BCUT2D eigenvalue weighted by Crippen LogP contribution is 1.95. The lowest BCUT2D eigenvalue weighted by Crippen LogP contribution is -2.26. The molecule has 1 atom stereocenters. The van der Waals surface area contributed by atoms with Gasteiger partial charge in [0.15, 0.2) is 0 Å². The van der Waals surface area contributed by atoms with Gasteiger partial charge in [-0.15, -0.1) is 6.58 Å². The molecule has 0 aliphatic carbocycles. The van der Waals surface area contributed by atoms with Crippen LogP contribution in [-0.2, 0) is 0 Å². The fourth-order valence-electron chi connectivity index (χ4n) is 0.930. The number of rotatable bonds is 6. The number of hydrogen-bond acceptors (Lipinski definition) is 2. The van der Waals surface area contributed by atoms with Gasteiger partial charge in [0.05, 0.1) is 6.10 Å². The smallest absolute Gasteiger partial charge is 0.0524 e. The minimum absolute atomic E-state index is 0.186. The number of hydrogen-bond donors (Lipinski definition) is 1. The average Bonchev–Trinajstić information content (AvgIpc) is 1.97. The van der Waals surface area contributed by atoms with Gasteiger partial charge < -0.3 is 5.11 Å². The van der Waals surface area contributed by atoms with Crippen molar-refractivity contribution >= 4 is 0 Å². The summed E-state index contributed by atoms with van der Waals surface area (Å²) in [6.07, 6.45) is 2.56. The van der Waals surface area contributed by atoms with Gasteiger partial charge in [-0.05, 0) is 19.9 Å². The first kappa shape index (κ1) is 10.7. The van der Waals surface area contributed by atoms with Gasteiger partial charge in [-0.1, -0.05) is 13.0 Å². The average molecular weight is 157 g/mol. The van der Waals surface area contributed by atoms with Crippen molar-refractivity contribution in [3.63, 3.8) is 0 Å². The van der Waals surface area contributed by atoms with Crippen LogP contribution in [-0.4, -0.2) is 35.7 Å². The highest BCUT2D eigenvalue weighted by molar-refractivity contribution is 4.72. The summed E-state index contributed by atoms with van der Waals surface area (Å²) in [5, 5.41) is 9.01. The molecule has 0 aliphatic heterocycles. The molecule has 0 spiro atoms. The Morgan fingerprint density at radius 3 is 2.64 bits per heavy atom. The normalized spacial score (nSPS) is 13.5. The molecule has 0 bridgehead atoms. The Morgan fingerprint density at radius 1 is 1.64 bits per heavy atom. The van der Waals surface area contributed by atoms with E-state index in [1.54, 1.807) is 0 Å². The van der Waals surface area contributed by atoms with Crippen LogP contribution in [0.4, 0.5) is 0 Å². The van der Waals surface area contributed by atoms with E-state index in [1.807, 2.05) is 13.0 Å². The van der Waals surface area contributed by atoms with Gasteiger partial charge in [0.2, 0.25) is 0 Å². The van der Waals surface area contributed by atoms with Gasteiger partial charge in [-0.3, -0.25) is 4.90 Å². The van der Waals surface area contributed by atoms with Crippen LogP contribution in [0.15, 0.2) is 12.7 Å². The summed E-state index contributed by atoms with van der Waals surface area (Å²) >= 11 is 0. The molecule has 1 unspecified atom stereocenters.